The molecule has 3 N–H and O–H groups in total. The summed E-state index contributed by atoms with van der Waals surface area (Å²) in [6.07, 6.45) is 1.40. The predicted molar refractivity (Wildman–Crippen MR) is 105 cm³/mol. The van der Waals surface area contributed by atoms with Gasteiger partial charge in [0.05, 0.1) is 23.4 Å². The van der Waals surface area contributed by atoms with E-state index in [2.05, 4.69) is 20.7 Å². The highest BCUT2D eigenvalue weighted by molar-refractivity contribution is 5.94. The number of non-ortho nitro benzene ring substituents is 1. The molecule has 3 aromatic rings. The summed E-state index contributed by atoms with van der Waals surface area (Å²) in [6, 6.07) is 12.1. The minimum absolute atomic E-state index is 0.0131. The quantitative estimate of drug-likeness (QED) is 0.319. The highest BCUT2D eigenvalue weighted by Crippen LogP contribution is 2.26. The monoisotopic (exact) mass is 395 g/mol. The minimum atomic E-state index is -0.533. The van der Waals surface area contributed by atoms with E-state index in [1.807, 2.05) is 0 Å². The zero-order chi connectivity index (χ0) is 20.8. The average molecular weight is 395 g/mol. The molecule has 1 aromatic heterocycles. The van der Waals surface area contributed by atoms with Crippen molar-refractivity contribution in [3.63, 3.8) is 0 Å². The van der Waals surface area contributed by atoms with Gasteiger partial charge in [-0.3, -0.25) is 20.0 Å². The molecule has 0 unspecified atom stereocenters. The molecule has 0 saturated carbocycles. The van der Waals surface area contributed by atoms with Crippen molar-refractivity contribution in [1.82, 2.24) is 15.6 Å². The van der Waals surface area contributed by atoms with Crippen molar-refractivity contribution in [3.8, 4) is 22.8 Å². The Morgan fingerprint density at radius 3 is 2.93 bits per heavy atom. The molecule has 1 heterocycles. The van der Waals surface area contributed by atoms with Crippen LogP contribution in [0.2, 0.25) is 0 Å². The van der Waals surface area contributed by atoms with Crippen LogP contribution in [0.3, 0.4) is 0 Å². The number of nitrogens with one attached hydrogen (secondary N) is 2. The second-order valence-corrected chi connectivity index (χ2v) is 5.83. The van der Waals surface area contributed by atoms with Gasteiger partial charge >= 0.3 is 0 Å². The molecule has 0 aliphatic heterocycles. The molecule has 10 heteroatoms. The van der Waals surface area contributed by atoms with Crippen LogP contribution in [0.5, 0.6) is 11.5 Å². The molecule has 2 aromatic carbocycles. The van der Waals surface area contributed by atoms with Gasteiger partial charge in [-0.1, -0.05) is 12.1 Å². The lowest BCUT2D eigenvalue weighted by Gasteiger charge is -2.05. The molecule has 0 aliphatic carbocycles. The number of nitro groups is 1. The second-order valence-electron chi connectivity index (χ2n) is 5.83. The number of aromatic hydroxyl groups is 1. The molecule has 0 bridgehead atoms. The van der Waals surface area contributed by atoms with Crippen LogP contribution in [-0.2, 0) is 0 Å². The Bertz CT molecular complexity index is 1080. The normalized spacial score (nSPS) is 10.8. The Labute approximate surface area is 165 Å². The molecular formula is C19H17N5O5. The summed E-state index contributed by atoms with van der Waals surface area (Å²) in [6.45, 7) is 2.20. The van der Waals surface area contributed by atoms with E-state index >= 15 is 0 Å². The zero-order valence-electron chi connectivity index (χ0n) is 15.3. The number of phenols is 1. The third-order valence-electron chi connectivity index (χ3n) is 3.84. The maximum absolute atomic E-state index is 12.2. The lowest BCUT2D eigenvalue weighted by molar-refractivity contribution is -0.384. The van der Waals surface area contributed by atoms with Gasteiger partial charge in [0, 0.05) is 17.7 Å². The van der Waals surface area contributed by atoms with Crippen LogP contribution in [0.15, 0.2) is 53.6 Å². The summed E-state index contributed by atoms with van der Waals surface area (Å²) >= 11 is 0. The fraction of sp³-hybridized carbons (Fsp3) is 0.105. The van der Waals surface area contributed by atoms with Gasteiger partial charge in [0.2, 0.25) is 0 Å². The van der Waals surface area contributed by atoms with Crippen molar-refractivity contribution in [1.29, 1.82) is 0 Å². The SMILES string of the molecule is CCOc1cc(C=NNC(=O)c2cc(-c3cccc([N+](=O)[O-])c3)n[nH]2)ccc1O. The lowest BCUT2D eigenvalue weighted by Crippen LogP contribution is -2.18. The number of aromatic amines is 1. The molecule has 0 saturated heterocycles. The summed E-state index contributed by atoms with van der Waals surface area (Å²) in [5, 5.41) is 31.0. The van der Waals surface area contributed by atoms with Gasteiger partial charge in [-0.05, 0) is 36.8 Å². The van der Waals surface area contributed by atoms with Crippen molar-refractivity contribution in [3.05, 3.63) is 69.9 Å². The van der Waals surface area contributed by atoms with Crippen LogP contribution in [-0.4, -0.2) is 39.0 Å². The van der Waals surface area contributed by atoms with E-state index in [9.17, 15) is 20.0 Å². The number of phenolic OH excluding ortho intramolecular Hbond substituents is 1. The molecule has 148 valence electrons. The number of nitrogens with zero attached hydrogens (tertiary/aromatic N) is 3. The van der Waals surface area contributed by atoms with Crippen LogP contribution in [0, 0.1) is 10.1 Å². The highest BCUT2D eigenvalue weighted by atomic mass is 16.6. The van der Waals surface area contributed by atoms with Crippen LogP contribution in [0.25, 0.3) is 11.3 Å². The number of hydrogen-bond donors (Lipinski definition) is 3. The van der Waals surface area contributed by atoms with Crippen molar-refractivity contribution in [2.45, 2.75) is 6.92 Å². The standard InChI is InChI=1S/C19H17N5O5/c1-2-29-18-8-12(6-7-17(18)25)11-20-23-19(26)16-10-15(21-22-16)13-4-3-5-14(9-13)24(27)28/h3-11,25H,2H2,1H3,(H,21,22)(H,23,26). The van der Waals surface area contributed by atoms with Gasteiger partial charge in [0.15, 0.2) is 11.5 Å². The number of H-pyrrole nitrogens is 1. The fourth-order valence-corrected chi connectivity index (χ4v) is 2.47. The molecule has 0 radical (unpaired) electrons. The number of carbonyl (C=O) groups excluding carboxylic acids is 1. The molecule has 0 aliphatic rings. The van der Waals surface area contributed by atoms with Gasteiger partial charge < -0.3 is 9.84 Å². The van der Waals surface area contributed by atoms with E-state index in [-0.39, 0.29) is 17.1 Å². The Balaban J connectivity index is 1.68. The highest BCUT2D eigenvalue weighted by Gasteiger charge is 2.13. The Hall–Kier alpha value is -4.21. The Morgan fingerprint density at radius 1 is 1.34 bits per heavy atom. The molecule has 1 amide bonds. The van der Waals surface area contributed by atoms with Crippen LogP contribution in [0.4, 0.5) is 5.69 Å². The number of ether oxygens (including phenoxy) is 1. The summed E-state index contributed by atoms with van der Waals surface area (Å²) in [4.78, 5) is 22.6. The van der Waals surface area contributed by atoms with E-state index in [4.69, 9.17) is 4.74 Å². The van der Waals surface area contributed by atoms with Gasteiger partial charge in [-0.2, -0.15) is 10.2 Å². The number of hydrogen-bond acceptors (Lipinski definition) is 7. The first-order chi connectivity index (χ1) is 14.0. The molecule has 10 nitrogen and oxygen atoms in total. The van der Waals surface area contributed by atoms with Gasteiger partial charge in [-0.25, -0.2) is 5.43 Å². The smallest absolute Gasteiger partial charge is 0.289 e. The van der Waals surface area contributed by atoms with Gasteiger partial charge in [-0.15, -0.1) is 0 Å². The average Bonchev–Trinajstić information content (AvgIpc) is 3.21. The van der Waals surface area contributed by atoms with Gasteiger partial charge in [0.1, 0.15) is 5.69 Å². The summed E-state index contributed by atoms with van der Waals surface area (Å²) in [5.74, 6) is -0.202. The number of rotatable bonds is 7. The third-order valence-corrected chi connectivity index (χ3v) is 3.84. The third kappa shape index (κ3) is 4.75. The van der Waals surface area contributed by atoms with E-state index in [1.165, 1.54) is 30.5 Å². The largest absolute Gasteiger partial charge is 0.504 e. The Kier molecular flexibility index (Phi) is 5.83. The summed E-state index contributed by atoms with van der Waals surface area (Å²) < 4.78 is 5.29. The Morgan fingerprint density at radius 2 is 2.17 bits per heavy atom. The van der Waals surface area contributed by atoms with Crippen LogP contribution >= 0.6 is 0 Å². The van der Waals surface area contributed by atoms with Crippen molar-refractivity contribution in [2.24, 2.45) is 5.10 Å². The molecule has 0 atom stereocenters. The topological polar surface area (TPSA) is 143 Å². The predicted octanol–water partition coefficient (Wildman–Crippen LogP) is 2.85. The number of nitro benzene ring substituents is 1. The maximum Gasteiger partial charge on any atom is 0.289 e. The maximum atomic E-state index is 12.2. The van der Waals surface area contributed by atoms with Crippen molar-refractivity contribution >= 4 is 17.8 Å². The molecule has 29 heavy (non-hydrogen) atoms. The zero-order valence-corrected chi connectivity index (χ0v) is 15.3. The van der Waals surface area contributed by atoms with Crippen LogP contribution < -0.4 is 10.2 Å². The van der Waals surface area contributed by atoms with Crippen LogP contribution in [0.1, 0.15) is 23.0 Å². The molecule has 0 fully saturated rings. The molecule has 3 rings (SSSR count). The number of amides is 1. The lowest BCUT2D eigenvalue weighted by atomic mass is 10.1. The van der Waals surface area contributed by atoms with Crippen molar-refractivity contribution in [2.75, 3.05) is 6.61 Å². The van der Waals surface area contributed by atoms with E-state index in [1.54, 1.807) is 31.2 Å². The number of benzene rings is 2. The molecular weight excluding hydrogens is 378 g/mol. The molecule has 0 spiro atoms. The number of carbonyl (C=O) groups is 1. The van der Waals surface area contributed by atoms with E-state index in [0.29, 0.717) is 29.2 Å². The first-order valence-electron chi connectivity index (χ1n) is 8.57. The number of hydrazone groups is 1. The van der Waals surface area contributed by atoms with Gasteiger partial charge in [0.25, 0.3) is 11.6 Å². The van der Waals surface area contributed by atoms with E-state index < -0.39 is 10.8 Å². The summed E-state index contributed by atoms with van der Waals surface area (Å²) in [5.41, 5.74) is 3.95. The first-order valence-corrected chi connectivity index (χ1v) is 8.57. The fourth-order valence-electron chi connectivity index (χ4n) is 2.47. The second kappa shape index (κ2) is 8.65. The number of aromatic nitrogens is 2. The van der Waals surface area contributed by atoms with E-state index in [0.717, 1.165) is 0 Å². The summed E-state index contributed by atoms with van der Waals surface area (Å²) in [7, 11) is 0. The first kappa shape index (κ1) is 19.5. The van der Waals surface area contributed by atoms with Crippen molar-refractivity contribution < 1.29 is 19.6 Å². The minimum Gasteiger partial charge on any atom is -0.504 e.